The van der Waals surface area contributed by atoms with E-state index in [4.69, 9.17) is 10.5 Å². The summed E-state index contributed by atoms with van der Waals surface area (Å²) in [4.78, 5) is 12.3. The fourth-order valence-electron chi connectivity index (χ4n) is 2.48. The van der Waals surface area contributed by atoms with Gasteiger partial charge in [-0.1, -0.05) is 6.42 Å². The average Bonchev–Trinajstić information content (AvgIpc) is 2.73. The molecule has 2 atom stereocenters. The number of carbonyl (C=O) groups excluding carboxylic acids is 1. The zero-order valence-electron chi connectivity index (χ0n) is 11.3. The first kappa shape index (κ1) is 13.7. The Bertz CT molecular complexity index is 490. The second kappa shape index (κ2) is 5.09. The van der Waals surface area contributed by atoms with Crippen molar-refractivity contribution in [3.05, 3.63) is 18.2 Å². The molecule has 4 N–H and O–H groups in total. The molecular weight excluding hydrogens is 244 g/mol. The Labute approximate surface area is 112 Å². The lowest BCUT2D eigenvalue weighted by Crippen LogP contribution is -2.44. The van der Waals surface area contributed by atoms with Crippen LogP contribution in [0.4, 0.5) is 5.69 Å². The molecule has 0 bridgehead atoms. The summed E-state index contributed by atoms with van der Waals surface area (Å²) in [5, 5.41) is 12.6. The van der Waals surface area contributed by atoms with Crippen LogP contribution < -0.4 is 15.8 Å². The van der Waals surface area contributed by atoms with Gasteiger partial charge in [0.2, 0.25) is 5.91 Å². The Morgan fingerprint density at radius 3 is 2.84 bits per heavy atom. The van der Waals surface area contributed by atoms with Gasteiger partial charge in [0.25, 0.3) is 0 Å². The molecule has 1 aromatic carbocycles. The highest BCUT2D eigenvalue weighted by Gasteiger charge is 2.43. The van der Waals surface area contributed by atoms with E-state index in [0.29, 0.717) is 11.4 Å². The number of anilines is 1. The molecule has 1 aliphatic rings. The molecule has 0 aromatic heterocycles. The Morgan fingerprint density at radius 1 is 1.58 bits per heavy atom. The molecule has 2 rings (SSSR count). The molecule has 19 heavy (non-hydrogen) atoms. The number of nitrogens with one attached hydrogen (secondary N) is 1. The van der Waals surface area contributed by atoms with Crippen molar-refractivity contribution in [1.82, 2.24) is 0 Å². The van der Waals surface area contributed by atoms with Crippen molar-refractivity contribution in [2.24, 2.45) is 11.1 Å². The number of methoxy groups -OCH3 is 1. The zero-order valence-corrected chi connectivity index (χ0v) is 11.3. The number of phenolic OH excluding ortho intramolecular Hbond substituents is 1. The Morgan fingerprint density at radius 2 is 2.32 bits per heavy atom. The number of carbonyl (C=O) groups is 1. The van der Waals surface area contributed by atoms with Gasteiger partial charge in [0.15, 0.2) is 0 Å². The van der Waals surface area contributed by atoms with Crippen molar-refractivity contribution >= 4 is 11.6 Å². The lowest BCUT2D eigenvalue weighted by atomic mass is 9.84. The van der Waals surface area contributed by atoms with Crippen molar-refractivity contribution in [2.45, 2.75) is 32.2 Å². The minimum Gasteiger partial charge on any atom is -0.506 e. The molecule has 0 radical (unpaired) electrons. The third-order valence-corrected chi connectivity index (χ3v) is 4.00. The van der Waals surface area contributed by atoms with E-state index in [1.54, 1.807) is 12.1 Å². The molecule has 1 fully saturated rings. The highest BCUT2D eigenvalue weighted by Crippen LogP contribution is 2.38. The van der Waals surface area contributed by atoms with Crippen LogP contribution in [0.2, 0.25) is 0 Å². The van der Waals surface area contributed by atoms with Crippen LogP contribution in [0.3, 0.4) is 0 Å². The van der Waals surface area contributed by atoms with E-state index in [-0.39, 0.29) is 17.7 Å². The van der Waals surface area contributed by atoms with Gasteiger partial charge in [-0.3, -0.25) is 4.79 Å². The molecule has 2 unspecified atom stereocenters. The lowest BCUT2D eigenvalue weighted by Gasteiger charge is -2.27. The van der Waals surface area contributed by atoms with Crippen molar-refractivity contribution < 1.29 is 14.6 Å². The van der Waals surface area contributed by atoms with Gasteiger partial charge < -0.3 is 20.9 Å². The molecule has 5 heteroatoms. The van der Waals surface area contributed by atoms with E-state index in [1.165, 1.54) is 13.2 Å². The van der Waals surface area contributed by atoms with E-state index < -0.39 is 5.41 Å². The predicted octanol–water partition coefficient (Wildman–Crippen LogP) is 1.86. The third kappa shape index (κ3) is 2.51. The molecule has 1 aliphatic carbocycles. The summed E-state index contributed by atoms with van der Waals surface area (Å²) in [7, 11) is 1.52. The normalized spacial score (nSPS) is 26.2. The molecule has 0 spiro atoms. The second-order valence-electron chi connectivity index (χ2n) is 5.25. The summed E-state index contributed by atoms with van der Waals surface area (Å²) < 4.78 is 5.00. The van der Waals surface area contributed by atoms with Gasteiger partial charge in [0.05, 0.1) is 18.2 Å². The van der Waals surface area contributed by atoms with Gasteiger partial charge in [0, 0.05) is 12.1 Å². The molecular formula is C14H20N2O3. The first-order chi connectivity index (χ1) is 8.97. The van der Waals surface area contributed by atoms with E-state index in [9.17, 15) is 9.90 Å². The second-order valence-corrected chi connectivity index (χ2v) is 5.25. The first-order valence-electron chi connectivity index (χ1n) is 6.41. The number of hydrogen-bond acceptors (Lipinski definition) is 4. The van der Waals surface area contributed by atoms with Crippen molar-refractivity contribution in [3.8, 4) is 11.5 Å². The highest BCUT2D eigenvalue weighted by molar-refractivity contribution is 5.97. The summed E-state index contributed by atoms with van der Waals surface area (Å²) in [5.74, 6) is 0.389. The number of ether oxygens (including phenoxy) is 1. The number of hydrogen-bond donors (Lipinski definition) is 3. The summed E-state index contributed by atoms with van der Waals surface area (Å²) >= 11 is 0. The highest BCUT2D eigenvalue weighted by atomic mass is 16.5. The van der Waals surface area contributed by atoms with Crippen molar-refractivity contribution in [1.29, 1.82) is 0 Å². The predicted molar refractivity (Wildman–Crippen MR) is 73.2 cm³/mol. The van der Waals surface area contributed by atoms with Crippen LogP contribution >= 0.6 is 0 Å². The number of rotatable bonds is 3. The van der Waals surface area contributed by atoms with Gasteiger partial charge in [0.1, 0.15) is 11.5 Å². The molecule has 0 aliphatic heterocycles. The summed E-state index contributed by atoms with van der Waals surface area (Å²) in [6.45, 7) is 1.88. The zero-order chi connectivity index (χ0) is 14.0. The maximum absolute atomic E-state index is 12.3. The van der Waals surface area contributed by atoms with E-state index in [0.717, 1.165) is 19.3 Å². The minimum atomic E-state index is -0.563. The number of nitrogens with two attached hydrogens (primary N) is 1. The van der Waals surface area contributed by atoms with Crippen molar-refractivity contribution in [2.75, 3.05) is 12.4 Å². The van der Waals surface area contributed by atoms with Gasteiger partial charge in [-0.2, -0.15) is 0 Å². The Balaban J connectivity index is 2.15. The maximum atomic E-state index is 12.3. The van der Waals surface area contributed by atoms with Crippen LogP contribution in [0.1, 0.15) is 26.2 Å². The van der Waals surface area contributed by atoms with E-state index in [1.807, 2.05) is 6.92 Å². The first-order valence-corrected chi connectivity index (χ1v) is 6.41. The largest absolute Gasteiger partial charge is 0.506 e. The summed E-state index contributed by atoms with van der Waals surface area (Å²) in [6.07, 6.45) is 2.59. The standard InChI is InChI=1S/C14H20N2O3/c1-14(7-3-4-12(14)15)13(18)16-10-6-5-9(19-2)8-11(10)17/h5-6,8,12,17H,3-4,7,15H2,1-2H3,(H,16,18). The molecule has 104 valence electrons. The average molecular weight is 264 g/mol. The maximum Gasteiger partial charge on any atom is 0.231 e. The molecule has 1 saturated carbocycles. The van der Waals surface area contributed by atoms with Crippen LogP contribution in [0.25, 0.3) is 0 Å². The fraction of sp³-hybridized carbons (Fsp3) is 0.500. The summed E-state index contributed by atoms with van der Waals surface area (Å²) in [6, 6.07) is 4.64. The smallest absolute Gasteiger partial charge is 0.231 e. The SMILES string of the molecule is COc1ccc(NC(=O)C2(C)CCCC2N)c(O)c1. The lowest BCUT2D eigenvalue weighted by molar-refractivity contribution is -0.125. The number of benzene rings is 1. The topological polar surface area (TPSA) is 84.6 Å². The number of amides is 1. The third-order valence-electron chi connectivity index (χ3n) is 4.00. The van der Waals surface area contributed by atoms with Crippen LogP contribution in [-0.2, 0) is 4.79 Å². The van der Waals surface area contributed by atoms with Gasteiger partial charge in [-0.15, -0.1) is 0 Å². The number of aromatic hydroxyl groups is 1. The van der Waals surface area contributed by atoms with Crippen LogP contribution in [0.15, 0.2) is 18.2 Å². The van der Waals surface area contributed by atoms with Gasteiger partial charge >= 0.3 is 0 Å². The van der Waals surface area contributed by atoms with Gasteiger partial charge in [-0.05, 0) is 31.9 Å². The quantitative estimate of drug-likeness (QED) is 0.727. The molecule has 1 amide bonds. The molecule has 0 saturated heterocycles. The fourth-order valence-corrected chi connectivity index (χ4v) is 2.48. The van der Waals surface area contributed by atoms with Crippen molar-refractivity contribution in [3.63, 3.8) is 0 Å². The van der Waals surface area contributed by atoms with Crippen LogP contribution in [-0.4, -0.2) is 24.2 Å². The van der Waals surface area contributed by atoms with Crippen LogP contribution in [0, 0.1) is 5.41 Å². The summed E-state index contributed by atoms with van der Waals surface area (Å²) in [5.41, 5.74) is 5.83. The Hall–Kier alpha value is -1.75. The van der Waals surface area contributed by atoms with E-state index in [2.05, 4.69) is 5.32 Å². The monoisotopic (exact) mass is 264 g/mol. The number of phenols is 1. The Kier molecular flexibility index (Phi) is 3.66. The minimum absolute atomic E-state index is 0.0112. The van der Waals surface area contributed by atoms with E-state index >= 15 is 0 Å². The van der Waals surface area contributed by atoms with Crippen LogP contribution in [0.5, 0.6) is 11.5 Å². The molecule has 5 nitrogen and oxygen atoms in total. The van der Waals surface area contributed by atoms with Gasteiger partial charge in [-0.25, -0.2) is 0 Å². The molecule has 0 heterocycles. The molecule has 1 aromatic rings.